The van der Waals surface area contributed by atoms with E-state index in [-0.39, 0.29) is 12.4 Å². The van der Waals surface area contributed by atoms with Crippen LogP contribution in [0.4, 0.5) is 4.79 Å². The molecule has 8 nitrogen and oxygen atoms in total. The highest BCUT2D eigenvalue weighted by Crippen LogP contribution is 2.04. The highest BCUT2D eigenvalue weighted by atomic mass is 16.6. The summed E-state index contributed by atoms with van der Waals surface area (Å²) in [7, 11) is 0. The molecule has 8 heteroatoms. The molecule has 14 heavy (non-hydrogen) atoms. The maximum absolute atomic E-state index is 10.8. The molecule has 0 radical (unpaired) electrons. The van der Waals surface area contributed by atoms with E-state index >= 15 is 0 Å². The Balaban J connectivity index is 2.59. The predicted octanol–water partition coefficient (Wildman–Crippen LogP) is -1.67. The van der Waals surface area contributed by atoms with Crippen LogP contribution >= 0.6 is 0 Å². The Labute approximate surface area is 78.8 Å². The van der Waals surface area contributed by atoms with E-state index in [1.54, 1.807) is 0 Å². The van der Waals surface area contributed by atoms with Crippen molar-refractivity contribution in [3.05, 3.63) is 12.5 Å². The standard InChI is InChI=1S/C6H9N5O3/c7-6(13)14-5-2-11(3-9-5)1-4(12)10-8/h2-3H,1,8H2,(H2,7,13)(H,10,12). The van der Waals surface area contributed by atoms with Gasteiger partial charge in [-0.3, -0.25) is 10.2 Å². The molecule has 1 heterocycles. The van der Waals surface area contributed by atoms with Gasteiger partial charge in [0.1, 0.15) is 6.54 Å². The van der Waals surface area contributed by atoms with Gasteiger partial charge in [0.05, 0.1) is 12.5 Å². The zero-order valence-electron chi connectivity index (χ0n) is 7.14. The van der Waals surface area contributed by atoms with Crippen LogP contribution in [0.3, 0.4) is 0 Å². The molecule has 0 aliphatic heterocycles. The molecule has 1 aromatic heterocycles. The number of amides is 2. The lowest BCUT2D eigenvalue weighted by atomic mass is 10.6. The zero-order chi connectivity index (χ0) is 10.6. The van der Waals surface area contributed by atoms with Gasteiger partial charge in [-0.15, -0.1) is 0 Å². The first kappa shape index (κ1) is 9.99. The van der Waals surface area contributed by atoms with Crippen LogP contribution in [0.15, 0.2) is 12.5 Å². The van der Waals surface area contributed by atoms with Crippen LogP contribution in [0, 0.1) is 0 Å². The van der Waals surface area contributed by atoms with E-state index in [0.29, 0.717) is 0 Å². The van der Waals surface area contributed by atoms with Gasteiger partial charge < -0.3 is 15.0 Å². The van der Waals surface area contributed by atoms with E-state index in [1.807, 2.05) is 5.43 Å². The van der Waals surface area contributed by atoms with Crippen LogP contribution in [0.2, 0.25) is 0 Å². The van der Waals surface area contributed by atoms with Gasteiger partial charge in [0, 0.05) is 0 Å². The molecule has 1 aromatic rings. The summed E-state index contributed by atoms with van der Waals surface area (Å²) >= 11 is 0. The van der Waals surface area contributed by atoms with Crippen molar-refractivity contribution in [2.75, 3.05) is 0 Å². The van der Waals surface area contributed by atoms with E-state index in [2.05, 4.69) is 9.72 Å². The minimum Gasteiger partial charge on any atom is -0.390 e. The van der Waals surface area contributed by atoms with Crippen molar-refractivity contribution in [2.24, 2.45) is 11.6 Å². The van der Waals surface area contributed by atoms with Crippen LogP contribution in [-0.2, 0) is 11.3 Å². The van der Waals surface area contributed by atoms with E-state index in [0.717, 1.165) is 0 Å². The Hall–Kier alpha value is -2.09. The number of aromatic nitrogens is 2. The first-order valence-corrected chi connectivity index (χ1v) is 3.60. The average molecular weight is 199 g/mol. The van der Waals surface area contributed by atoms with Crippen LogP contribution in [0.5, 0.6) is 5.88 Å². The summed E-state index contributed by atoms with van der Waals surface area (Å²) in [6.45, 7) is -0.00831. The second-order valence-electron chi connectivity index (χ2n) is 2.37. The number of hydrogen-bond acceptors (Lipinski definition) is 5. The number of hydrazine groups is 1. The summed E-state index contributed by atoms with van der Waals surface area (Å²) in [5, 5.41) is 0. The second kappa shape index (κ2) is 4.23. The van der Waals surface area contributed by atoms with Crippen molar-refractivity contribution in [1.82, 2.24) is 15.0 Å². The number of primary amides is 1. The SMILES string of the molecule is NNC(=O)Cn1cnc(OC(N)=O)c1. The average Bonchev–Trinajstić information content (AvgIpc) is 2.51. The maximum atomic E-state index is 10.8. The fraction of sp³-hybridized carbons (Fsp3) is 0.167. The molecule has 1 rings (SSSR count). The highest BCUT2D eigenvalue weighted by Gasteiger charge is 2.05. The minimum absolute atomic E-state index is 0.00831. The fourth-order valence-corrected chi connectivity index (χ4v) is 0.793. The summed E-state index contributed by atoms with van der Waals surface area (Å²) in [4.78, 5) is 24.8. The molecule has 5 N–H and O–H groups in total. The van der Waals surface area contributed by atoms with Gasteiger partial charge in [-0.25, -0.2) is 15.6 Å². The van der Waals surface area contributed by atoms with Gasteiger partial charge >= 0.3 is 6.09 Å². The number of carbonyl (C=O) groups excluding carboxylic acids is 2. The molecule has 0 unspecified atom stereocenters. The van der Waals surface area contributed by atoms with Crippen LogP contribution in [0.1, 0.15) is 0 Å². The monoisotopic (exact) mass is 199 g/mol. The molecule has 0 fully saturated rings. The second-order valence-corrected chi connectivity index (χ2v) is 2.37. The van der Waals surface area contributed by atoms with Gasteiger partial charge in [0.2, 0.25) is 5.88 Å². The number of nitrogens with zero attached hydrogens (tertiary/aromatic N) is 2. The normalized spacial score (nSPS) is 9.50. The van der Waals surface area contributed by atoms with Crippen molar-refractivity contribution >= 4 is 12.0 Å². The third-order valence-corrected chi connectivity index (χ3v) is 1.30. The van der Waals surface area contributed by atoms with Gasteiger partial charge in [-0.05, 0) is 0 Å². The zero-order valence-corrected chi connectivity index (χ0v) is 7.14. The molecule has 0 saturated carbocycles. The fourth-order valence-electron chi connectivity index (χ4n) is 0.793. The number of imidazole rings is 1. The molecular formula is C6H9N5O3. The smallest absolute Gasteiger partial charge is 0.390 e. The topological polar surface area (TPSA) is 125 Å². The molecule has 76 valence electrons. The van der Waals surface area contributed by atoms with E-state index in [1.165, 1.54) is 17.1 Å². The van der Waals surface area contributed by atoms with E-state index < -0.39 is 12.0 Å². The molecule has 0 aliphatic rings. The van der Waals surface area contributed by atoms with Crippen LogP contribution in [-0.4, -0.2) is 21.6 Å². The molecule has 0 aliphatic carbocycles. The minimum atomic E-state index is -0.960. The van der Waals surface area contributed by atoms with Crippen molar-refractivity contribution in [3.63, 3.8) is 0 Å². The molecule has 0 aromatic carbocycles. The third kappa shape index (κ3) is 2.75. The van der Waals surface area contributed by atoms with Gasteiger partial charge in [-0.2, -0.15) is 0 Å². The van der Waals surface area contributed by atoms with Gasteiger partial charge in [-0.1, -0.05) is 0 Å². The summed E-state index contributed by atoms with van der Waals surface area (Å²) in [5.41, 5.74) is 6.69. The van der Waals surface area contributed by atoms with Crippen molar-refractivity contribution in [3.8, 4) is 5.88 Å². The van der Waals surface area contributed by atoms with Crippen molar-refractivity contribution < 1.29 is 14.3 Å². The summed E-state index contributed by atoms with van der Waals surface area (Å²) in [6, 6.07) is 0. The number of ether oxygens (including phenoxy) is 1. The van der Waals surface area contributed by atoms with Crippen molar-refractivity contribution in [1.29, 1.82) is 0 Å². The third-order valence-electron chi connectivity index (χ3n) is 1.30. The molecule has 2 amide bonds. The summed E-state index contributed by atoms with van der Waals surface area (Å²) < 4.78 is 5.84. The Bertz CT molecular complexity index is 347. The first-order chi connectivity index (χ1) is 6.61. The molecular weight excluding hydrogens is 190 g/mol. The number of nitrogens with one attached hydrogen (secondary N) is 1. The number of nitrogens with two attached hydrogens (primary N) is 2. The van der Waals surface area contributed by atoms with Crippen molar-refractivity contribution in [2.45, 2.75) is 6.54 Å². The lowest BCUT2D eigenvalue weighted by Crippen LogP contribution is -2.32. The highest BCUT2D eigenvalue weighted by molar-refractivity contribution is 5.75. The number of hydrogen-bond donors (Lipinski definition) is 3. The molecule has 0 spiro atoms. The van der Waals surface area contributed by atoms with Crippen LogP contribution in [0.25, 0.3) is 0 Å². The quantitative estimate of drug-likeness (QED) is 0.305. The largest absolute Gasteiger partial charge is 0.411 e. The van der Waals surface area contributed by atoms with Crippen LogP contribution < -0.4 is 21.7 Å². The Morgan fingerprint density at radius 3 is 2.93 bits per heavy atom. The Morgan fingerprint density at radius 2 is 2.36 bits per heavy atom. The van der Waals surface area contributed by atoms with E-state index in [4.69, 9.17) is 11.6 Å². The number of carbonyl (C=O) groups is 2. The lowest BCUT2D eigenvalue weighted by Gasteiger charge is -1.98. The van der Waals surface area contributed by atoms with E-state index in [9.17, 15) is 9.59 Å². The van der Waals surface area contributed by atoms with Gasteiger partial charge in [0.15, 0.2) is 0 Å². The molecule has 0 saturated heterocycles. The summed E-state index contributed by atoms with van der Waals surface area (Å²) in [5.74, 6) is 4.50. The summed E-state index contributed by atoms with van der Waals surface area (Å²) in [6.07, 6.45) is 1.70. The van der Waals surface area contributed by atoms with Gasteiger partial charge in [0.25, 0.3) is 5.91 Å². The molecule has 0 bridgehead atoms. The Morgan fingerprint density at radius 1 is 1.64 bits per heavy atom. The number of rotatable bonds is 3. The predicted molar refractivity (Wildman–Crippen MR) is 44.8 cm³/mol. The maximum Gasteiger partial charge on any atom is 0.411 e. The first-order valence-electron chi connectivity index (χ1n) is 3.60. The lowest BCUT2D eigenvalue weighted by molar-refractivity contribution is -0.121. The Kier molecular flexibility index (Phi) is 3.02. The molecule has 0 atom stereocenters.